The second kappa shape index (κ2) is 9.73. The number of benzene rings is 2. The van der Waals surface area contributed by atoms with Crippen LogP contribution in [0.5, 0.6) is 5.75 Å². The largest absolute Gasteiger partial charge is 0.484 e. The molecule has 0 radical (unpaired) electrons. The Morgan fingerprint density at radius 2 is 1.77 bits per heavy atom. The molecule has 2 aromatic carbocycles. The summed E-state index contributed by atoms with van der Waals surface area (Å²) < 4.78 is 32.4. The third-order valence-electron chi connectivity index (χ3n) is 4.85. The lowest BCUT2D eigenvalue weighted by molar-refractivity contribution is -0.132. The first kappa shape index (κ1) is 21.8. The van der Waals surface area contributed by atoms with Gasteiger partial charge in [-0.1, -0.05) is 35.9 Å². The monoisotopic (exact) mass is 431 g/mol. The number of aryl methyl sites for hydroxylation is 1. The van der Waals surface area contributed by atoms with Gasteiger partial charge in [-0.2, -0.15) is 4.31 Å². The van der Waals surface area contributed by atoms with Crippen LogP contribution in [-0.2, 0) is 19.6 Å². The number of sulfonamides is 1. The summed E-state index contributed by atoms with van der Waals surface area (Å²) in [5, 5.41) is 0. The molecule has 3 rings (SSSR count). The number of nitrogens with zero attached hydrogens (tertiary/aromatic N) is 1. The average Bonchev–Trinajstić information content (AvgIpc) is 2.77. The number of rotatable bonds is 6. The van der Waals surface area contributed by atoms with E-state index in [1.807, 2.05) is 13.0 Å². The summed E-state index contributed by atoms with van der Waals surface area (Å²) in [6.07, 6.45) is 1.11. The van der Waals surface area contributed by atoms with Crippen molar-refractivity contribution in [2.24, 2.45) is 5.92 Å². The fraction of sp³-hybridized carbons (Fsp3) is 0.333. The maximum Gasteiger partial charge on any atom is 0.276 e. The van der Waals surface area contributed by atoms with Crippen LogP contribution in [0.4, 0.5) is 0 Å². The molecular formula is C21H25N3O5S. The highest BCUT2D eigenvalue weighted by molar-refractivity contribution is 7.89. The molecule has 1 aliphatic heterocycles. The lowest BCUT2D eigenvalue weighted by atomic mass is 9.99. The Bertz CT molecular complexity index is 977. The molecule has 2 N–H and O–H groups in total. The van der Waals surface area contributed by atoms with Crippen molar-refractivity contribution in [3.63, 3.8) is 0 Å². The van der Waals surface area contributed by atoms with E-state index in [2.05, 4.69) is 10.9 Å². The molecule has 1 atom stereocenters. The van der Waals surface area contributed by atoms with Crippen molar-refractivity contribution in [1.29, 1.82) is 0 Å². The SMILES string of the molecule is Cc1ccc(S(=O)(=O)N2CCC[C@H](C(=O)NNC(=O)COc3ccccc3)C2)cc1. The number of piperidine rings is 1. The van der Waals surface area contributed by atoms with E-state index < -0.39 is 27.8 Å². The van der Waals surface area contributed by atoms with Gasteiger partial charge in [-0.3, -0.25) is 20.4 Å². The molecule has 1 aliphatic rings. The highest BCUT2D eigenvalue weighted by Crippen LogP contribution is 2.24. The molecule has 0 saturated carbocycles. The number of hydrogen-bond donors (Lipinski definition) is 2. The summed E-state index contributed by atoms with van der Waals surface area (Å²) >= 11 is 0. The van der Waals surface area contributed by atoms with E-state index in [4.69, 9.17) is 4.74 Å². The predicted molar refractivity (Wildman–Crippen MR) is 111 cm³/mol. The second-order valence-corrected chi connectivity index (χ2v) is 9.09. The van der Waals surface area contributed by atoms with Crippen LogP contribution in [0.25, 0.3) is 0 Å². The van der Waals surface area contributed by atoms with Crippen molar-refractivity contribution < 1.29 is 22.7 Å². The average molecular weight is 432 g/mol. The van der Waals surface area contributed by atoms with E-state index in [0.29, 0.717) is 25.1 Å². The molecule has 30 heavy (non-hydrogen) atoms. The van der Waals surface area contributed by atoms with Crippen LogP contribution >= 0.6 is 0 Å². The molecule has 160 valence electrons. The van der Waals surface area contributed by atoms with Crippen LogP contribution in [-0.4, -0.2) is 44.2 Å². The van der Waals surface area contributed by atoms with E-state index in [0.717, 1.165) is 5.56 Å². The zero-order valence-corrected chi connectivity index (χ0v) is 17.5. The van der Waals surface area contributed by atoms with Gasteiger partial charge in [0.05, 0.1) is 10.8 Å². The standard InChI is InChI=1S/C21H25N3O5S/c1-16-9-11-19(12-10-16)30(27,28)24-13-5-6-17(14-24)21(26)23-22-20(25)15-29-18-7-3-2-4-8-18/h2-4,7-12,17H,5-6,13-15H2,1H3,(H,22,25)(H,23,26)/t17-/m0/s1. The fourth-order valence-corrected chi connectivity index (χ4v) is 4.69. The highest BCUT2D eigenvalue weighted by atomic mass is 32.2. The van der Waals surface area contributed by atoms with Crippen molar-refractivity contribution in [3.8, 4) is 5.75 Å². The lowest BCUT2D eigenvalue weighted by Gasteiger charge is -2.31. The number of carbonyl (C=O) groups excluding carboxylic acids is 2. The molecule has 1 saturated heterocycles. The number of para-hydroxylation sites is 1. The maximum absolute atomic E-state index is 12.9. The van der Waals surface area contributed by atoms with Gasteiger partial charge in [-0.05, 0) is 44.0 Å². The van der Waals surface area contributed by atoms with Gasteiger partial charge in [0.15, 0.2) is 6.61 Å². The first-order valence-corrected chi connectivity index (χ1v) is 11.1. The Labute approximate surface area is 176 Å². The minimum atomic E-state index is -3.67. The molecule has 1 fully saturated rings. The molecule has 0 spiro atoms. The normalized spacial score (nSPS) is 17.2. The number of nitrogens with one attached hydrogen (secondary N) is 2. The van der Waals surface area contributed by atoms with Crippen LogP contribution in [0.3, 0.4) is 0 Å². The zero-order chi connectivity index (χ0) is 21.6. The first-order valence-electron chi connectivity index (χ1n) is 9.69. The molecule has 0 unspecified atom stereocenters. The quantitative estimate of drug-likeness (QED) is 0.677. The number of amides is 2. The Hall–Kier alpha value is -2.91. The van der Waals surface area contributed by atoms with Gasteiger partial charge in [0.25, 0.3) is 5.91 Å². The van der Waals surface area contributed by atoms with Crippen molar-refractivity contribution in [3.05, 3.63) is 60.2 Å². The maximum atomic E-state index is 12.9. The number of carbonyl (C=O) groups is 2. The van der Waals surface area contributed by atoms with Crippen molar-refractivity contribution in [2.45, 2.75) is 24.7 Å². The number of hydrazine groups is 1. The van der Waals surface area contributed by atoms with Crippen LogP contribution in [0, 0.1) is 12.8 Å². The van der Waals surface area contributed by atoms with Crippen molar-refractivity contribution in [2.75, 3.05) is 19.7 Å². The summed E-state index contributed by atoms with van der Waals surface area (Å²) in [5.41, 5.74) is 5.65. The Morgan fingerprint density at radius 3 is 2.47 bits per heavy atom. The van der Waals surface area contributed by atoms with E-state index in [1.54, 1.807) is 48.5 Å². The van der Waals surface area contributed by atoms with E-state index in [9.17, 15) is 18.0 Å². The van der Waals surface area contributed by atoms with Gasteiger partial charge in [0.1, 0.15) is 5.75 Å². The Kier molecular flexibility index (Phi) is 7.07. The molecule has 1 heterocycles. The molecule has 2 aromatic rings. The Balaban J connectivity index is 1.51. The Morgan fingerprint density at radius 1 is 1.07 bits per heavy atom. The first-order chi connectivity index (χ1) is 14.4. The van der Waals surface area contributed by atoms with E-state index >= 15 is 0 Å². The third kappa shape index (κ3) is 5.58. The van der Waals surface area contributed by atoms with Gasteiger partial charge >= 0.3 is 0 Å². The second-order valence-electron chi connectivity index (χ2n) is 7.15. The van der Waals surface area contributed by atoms with Gasteiger partial charge in [0, 0.05) is 13.1 Å². The highest BCUT2D eigenvalue weighted by Gasteiger charge is 2.33. The minimum absolute atomic E-state index is 0.0679. The summed E-state index contributed by atoms with van der Waals surface area (Å²) in [7, 11) is -3.67. The van der Waals surface area contributed by atoms with Crippen LogP contribution in [0.1, 0.15) is 18.4 Å². The predicted octanol–water partition coefficient (Wildman–Crippen LogP) is 1.62. The van der Waals surface area contributed by atoms with Crippen LogP contribution in [0.15, 0.2) is 59.5 Å². The van der Waals surface area contributed by atoms with Crippen molar-refractivity contribution >= 4 is 21.8 Å². The molecule has 0 aliphatic carbocycles. The zero-order valence-electron chi connectivity index (χ0n) is 16.7. The molecule has 0 aromatic heterocycles. The van der Waals surface area contributed by atoms with Gasteiger partial charge in [-0.15, -0.1) is 0 Å². The molecular weight excluding hydrogens is 406 g/mol. The summed E-state index contributed by atoms with van der Waals surface area (Å²) in [6, 6.07) is 15.5. The van der Waals surface area contributed by atoms with Crippen molar-refractivity contribution in [1.82, 2.24) is 15.2 Å². The van der Waals surface area contributed by atoms with Crippen LogP contribution in [0.2, 0.25) is 0 Å². The third-order valence-corrected chi connectivity index (χ3v) is 6.73. The fourth-order valence-electron chi connectivity index (χ4n) is 3.17. The topological polar surface area (TPSA) is 105 Å². The summed E-state index contributed by atoms with van der Waals surface area (Å²) in [6.45, 7) is 2.06. The number of ether oxygens (including phenoxy) is 1. The smallest absolute Gasteiger partial charge is 0.276 e. The van der Waals surface area contributed by atoms with Crippen LogP contribution < -0.4 is 15.6 Å². The van der Waals surface area contributed by atoms with Gasteiger partial charge in [0.2, 0.25) is 15.9 Å². The lowest BCUT2D eigenvalue weighted by Crippen LogP contribution is -2.50. The van der Waals surface area contributed by atoms with Gasteiger partial charge < -0.3 is 4.74 Å². The number of hydrogen-bond acceptors (Lipinski definition) is 5. The summed E-state index contributed by atoms with van der Waals surface area (Å²) in [4.78, 5) is 24.5. The van der Waals surface area contributed by atoms with E-state index in [1.165, 1.54) is 4.31 Å². The molecule has 9 heteroatoms. The molecule has 2 amide bonds. The molecule has 8 nitrogen and oxygen atoms in total. The molecule has 0 bridgehead atoms. The van der Waals surface area contributed by atoms with E-state index in [-0.39, 0.29) is 18.0 Å². The minimum Gasteiger partial charge on any atom is -0.484 e. The van der Waals surface area contributed by atoms with Gasteiger partial charge in [-0.25, -0.2) is 8.42 Å². The summed E-state index contributed by atoms with van der Waals surface area (Å²) in [5.74, 6) is -0.934.